The van der Waals surface area contributed by atoms with Gasteiger partial charge < -0.3 is 14.6 Å². The fourth-order valence-electron chi connectivity index (χ4n) is 2.94. The maximum atomic E-state index is 11.0. The van der Waals surface area contributed by atoms with Crippen molar-refractivity contribution in [1.29, 1.82) is 5.26 Å². The average Bonchev–Trinajstić information content (AvgIpc) is 2.78. The summed E-state index contributed by atoms with van der Waals surface area (Å²) < 4.78 is 11.6. The van der Waals surface area contributed by atoms with Crippen LogP contribution in [0.2, 0.25) is 10.0 Å². The lowest BCUT2D eigenvalue weighted by Gasteiger charge is -2.13. The normalized spacial score (nSPS) is 11.0. The first kappa shape index (κ1) is 23.2. The summed E-state index contributed by atoms with van der Waals surface area (Å²) in [5, 5.41) is 19.7. The number of carbonyl (C=O) groups is 1. The number of aromatic carboxylic acids is 1. The van der Waals surface area contributed by atoms with Gasteiger partial charge in [0.1, 0.15) is 6.61 Å². The van der Waals surface area contributed by atoms with E-state index in [1.54, 1.807) is 48.5 Å². The topological polar surface area (TPSA) is 79.5 Å². The summed E-state index contributed by atoms with van der Waals surface area (Å²) in [6.45, 7) is 2.55. The highest BCUT2D eigenvalue weighted by atomic mass is 35.5. The maximum absolute atomic E-state index is 11.0. The predicted molar refractivity (Wildman–Crippen MR) is 125 cm³/mol. The number of carboxylic acids is 1. The second-order valence-corrected chi connectivity index (χ2v) is 7.56. The van der Waals surface area contributed by atoms with Gasteiger partial charge in [0.25, 0.3) is 0 Å². The van der Waals surface area contributed by atoms with E-state index >= 15 is 0 Å². The van der Waals surface area contributed by atoms with Gasteiger partial charge >= 0.3 is 5.97 Å². The first-order valence-corrected chi connectivity index (χ1v) is 10.5. The van der Waals surface area contributed by atoms with E-state index in [2.05, 4.69) is 6.07 Å². The molecule has 0 spiro atoms. The number of nitriles is 1. The third-order valence-corrected chi connectivity index (χ3v) is 5.13. The molecular formula is C25H19Cl2NO4. The van der Waals surface area contributed by atoms with E-state index in [9.17, 15) is 10.1 Å². The van der Waals surface area contributed by atoms with Gasteiger partial charge in [-0.2, -0.15) is 5.26 Å². The van der Waals surface area contributed by atoms with Crippen molar-refractivity contribution in [3.8, 4) is 17.6 Å². The molecule has 3 aromatic carbocycles. The summed E-state index contributed by atoms with van der Waals surface area (Å²) in [4.78, 5) is 11.0. The van der Waals surface area contributed by atoms with Gasteiger partial charge in [0.05, 0.1) is 23.8 Å². The second kappa shape index (κ2) is 10.7. The largest absolute Gasteiger partial charge is 0.490 e. The predicted octanol–water partition coefficient (Wildman–Crippen LogP) is 6.73. The molecule has 0 aliphatic rings. The van der Waals surface area contributed by atoms with Crippen LogP contribution in [0.5, 0.6) is 11.5 Å². The molecular weight excluding hydrogens is 449 g/mol. The van der Waals surface area contributed by atoms with Crippen LogP contribution >= 0.6 is 23.2 Å². The van der Waals surface area contributed by atoms with Crippen molar-refractivity contribution >= 4 is 40.8 Å². The molecule has 0 aliphatic heterocycles. The highest BCUT2D eigenvalue weighted by molar-refractivity contribution is 6.35. The number of hydrogen-bond donors (Lipinski definition) is 1. The highest BCUT2D eigenvalue weighted by Gasteiger charge is 2.10. The summed E-state index contributed by atoms with van der Waals surface area (Å²) >= 11 is 12.2. The Morgan fingerprint density at radius 1 is 1.00 bits per heavy atom. The Hall–Kier alpha value is -3.46. The van der Waals surface area contributed by atoms with Crippen LogP contribution in [-0.2, 0) is 6.61 Å². The number of allylic oxidation sites excluding steroid dienone is 1. The molecule has 0 saturated carbocycles. The molecule has 32 heavy (non-hydrogen) atoms. The summed E-state index contributed by atoms with van der Waals surface area (Å²) in [5.41, 5.74) is 2.70. The molecule has 0 amide bonds. The molecule has 0 unspecified atom stereocenters. The molecule has 0 aromatic heterocycles. The summed E-state index contributed by atoms with van der Waals surface area (Å²) in [7, 11) is 0. The zero-order chi connectivity index (χ0) is 23.1. The first-order chi connectivity index (χ1) is 15.4. The Morgan fingerprint density at radius 3 is 2.34 bits per heavy atom. The lowest BCUT2D eigenvalue weighted by atomic mass is 10.0. The van der Waals surface area contributed by atoms with Crippen molar-refractivity contribution in [2.75, 3.05) is 6.61 Å². The molecule has 7 heteroatoms. The maximum Gasteiger partial charge on any atom is 0.335 e. The molecule has 5 nitrogen and oxygen atoms in total. The van der Waals surface area contributed by atoms with Gasteiger partial charge in [0, 0.05) is 15.6 Å². The van der Waals surface area contributed by atoms with Crippen LogP contribution in [0.25, 0.3) is 11.6 Å². The fourth-order valence-corrected chi connectivity index (χ4v) is 3.40. The number of rotatable bonds is 8. The standard InChI is InChI=1S/C25H19Cl2NO4/c1-2-31-24-12-16(11-20(14-28)17-4-6-18(7-5-17)25(29)30)3-10-23(24)32-15-19-8-9-21(26)13-22(19)27/h3-13H,2,15H2,1H3,(H,29,30)/b20-11-. The number of hydrogen-bond acceptors (Lipinski definition) is 4. The van der Waals surface area contributed by atoms with Crippen molar-refractivity contribution in [2.24, 2.45) is 0 Å². The van der Waals surface area contributed by atoms with Gasteiger partial charge in [0.2, 0.25) is 0 Å². The number of benzene rings is 3. The zero-order valence-corrected chi connectivity index (χ0v) is 18.7. The smallest absolute Gasteiger partial charge is 0.335 e. The first-order valence-electron chi connectivity index (χ1n) is 9.70. The van der Waals surface area contributed by atoms with Crippen LogP contribution < -0.4 is 9.47 Å². The van der Waals surface area contributed by atoms with Crippen molar-refractivity contribution < 1.29 is 19.4 Å². The Morgan fingerprint density at radius 2 is 1.72 bits per heavy atom. The van der Waals surface area contributed by atoms with E-state index in [-0.39, 0.29) is 12.2 Å². The van der Waals surface area contributed by atoms with Gasteiger partial charge in [-0.1, -0.05) is 47.5 Å². The van der Waals surface area contributed by atoms with E-state index in [1.807, 2.05) is 13.0 Å². The molecule has 3 rings (SSSR count). The highest BCUT2D eigenvalue weighted by Crippen LogP contribution is 2.32. The van der Waals surface area contributed by atoms with Gasteiger partial charge in [-0.3, -0.25) is 0 Å². The molecule has 0 atom stereocenters. The monoisotopic (exact) mass is 467 g/mol. The molecule has 162 valence electrons. The van der Waals surface area contributed by atoms with E-state index in [4.69, 9.17) is 37.8 Å². The second-order valence-electron chi connectivity index (χ2n) is 6.72. The quantitative estimate of drug-likeness (QED) is 0.293. The Kier molecular flexibility index (Phi) is 7.77. The Balaban J connectivity index is 1.85. The summed E-state index contributed by atoms with van der Waals surface area (Å²) in [6.07, 6.45) is 1.71. The van der Waals surface area contributed by atoms with Crippen LogP contribution in [-0.4, -0.2) is 17.7 Å². The minimum Gasteiger partial charge on any atom is -0.490 e. The number of carboxylic acid groups (broad SMARTS) is 1. The third kappa shape index (κ3) is 5.82. The molecule has 0 heterocycles. The zero-order valence-electron chi connectivity index (χ0n) is 17.1. The van der Waals surface area contributed by atoms with Crippen LogP contribution in [0, 0.1) is 11.3 Å². The van der Waals surface area contributed by atoms with Gasteiger partial charge in [0.15, 0.2) is 11.5 Å². The van der Waals surface area contributed by atoms with Crippen LogP contribution in [0.15, 0.2) is 60.7 Å². The third-order valence-electron chi connectivity index (χ3n) is 4.54. The molecule has 1 N–H and O–H groups in total. The van der Waals surface area contributed by atoms with Gasteiger partial charge in [-0.25, -0.2) is 4.79 Å². The van der Waals surface area contributed by atoms with E-state index in [0.717, 1.165) is 11.1 Å². The van der Waals surface area contributed by atoms with Crippen LogP contribution in [0.3, 0.4) is 0 Å². The van der Waals surface area contributed by atoms with Crippen molar-refractivity contribution in [2.45, 2.75) is 13.5 Å². The van der Waals surface area contributed by atoms with Gasteiger partial charge in [-0.05, 0) is 60.5 Å². The van der Waals surface area contributed by atoms with E-state index in [1.165, 1.54) is 12.1 Å². The molecule has 0 radical (unpaired) electrons. The minimum atomic E-state index is -1.02. The summed E-state index contributed by atoms with van der Waals surface area (Å²) in [6, 6.07) is 18.9. The van der Waals surface area contributed by atoms with Crippen molar-refractivity contribution in [3.63, 3.8) is 0 Å². The molecule has 0 aliphatic carbocycles. The summed E-state index contributed by atoms with van der Waals surface area (Å²) in [5.74, 6) is 0.0556. The van der Waals surface area contributed by atoms with Gasteiger partial charge in [-0.15, -0.1) is 0 Å². The van der Waals surface area contributed by atoms with Crippen LogP contribution in [0.4, 0.5) is 0 Å². The number of nitrogens with zero attached hydrogens (tertiary/aromatic N) is 1. The molecule has 0 saturated heterocycles. The Bertz CT molecular complexity index is 1200. The van der Waals surface area contributed by atoms with Crippen molar-refractivity contribution in [1.82, 2.24) is 0 Å². The average molecular weight is 468 g/mol. The molecule has 0 bridgehead atoms. The number of halogens is 2. The van der Waals surface area contributed by atoms with Crippen LogP contribution in [0.1, 0.15) is 34.0 Å². The fraction of sp³-hybridized carbons (Fsp3) is 0.120. The van der Waals surface area contributed by atoms with E-state index < -0.39 is 5.97 Å². The lowest BCUT2D eigenvalue weighted by Crippen LogP contribution is -2.00. The molecule has 3 aromatic rings. The number of ether oxygens (including phenoxy) is 2. The van der Waals surface area contributed by atoms with E-state index in [0.29, 0.717) is 39.3 Å². The minimum absolute atomic E-state index is 0.159. The SMILES string of the molecule is CCOc1cc(/C=C(/C#N)c2ccc(C(=O)O)cc2)ccc1OCc1ccc(Cl)cc1Cl. The Labute approximate surface area is 196 Å². The molecule has 0 fully saturated rings. The lowest BCUT2D eigenvalue weighted by molar-refractivity contribution is 0.0697. The van der Waals surface area contributed by atoms with Crippen molar-refractivity contribution in [3.05, 3.63) is 93.0 Å².